The highest BCUT2D eigenvalue weighted by atomic mass is 16.5. The fourth-order valence-electron chi connectivity index (χ4n) is 4.03. The molecule has 3 aromatic rings. The number of ether oxygens (including phenoxy) is 1. The average Bonchev–Trinajstić information content (AvgIpc) is 3.19. The van der Waals surface area contributed by atoms with Crippen molar-refractivity contribution in [2.24, 2.45) is 0 Å². The summed E-state index contributed by atoms with van der Waals surface area (Å²) < 4.78 is 5.43. The zero-order chi connectivity index (χ0) is 20.4. The molecule has 0 aliphatic carbocycles. The molecule has 0 radical (unpaired) electrons. The molecule has 1 saturated heterocycles. The molecule has 0 bridgehead atoms. The Morgan fingerprint density at radius 2 is 1.97 bits per heavy atom. The number of likely N-dealkylation sites (tertiary alicyclic amines) is 1. The highest BCUT2D eigenvalue weighted by Crippen LogP contribution is 2.29. The van der Waals surface area contributed by atoms with Crippen molar-refractivity contribution < 1.29 is 4.74 Å². The second-order valence-electron chi connectivity index (χ2n) is 7.72. The number of methoxy groups -OCH3 is 1. The summed E-state index contributed by atoms with van der Waals surface area (Å²) in [5.74, 6) is 1.80. The second-order valence-corrected chi connectivity index (χ2v) is 7.72. The van der Waals surface area contributed by atoms with Gasteiger partial charge in [0.2, 0.25) is 0 Å². The van der Waals surface area contributed by atoms with Crippen LogP contribution in [0.5, 0.6) is 5.75 Å². The van der Waals surface area contributed by atoms with Gasteiger partial charge in [-0.05, 0) is 61.7 Å². The maximum Gasteiger partial charge on any atom is 0.251 e. The van der Waals surface area contributed by atoms with Crippen LogP contribution in [-0.4, -0.2) is 40.1 Å². The SMILES string of the molecule is COc1cc(C)c(CN2CC[C@@H](c3cc(=O)[nH]c(-c4ccncc4)n3)C2)cc1C. The van der Waals surface area contributed by atoms with Crippen molar-refractivity contribution in [3.05, 3.63) is 75.5 Å². The van der Waals surface area contributed by atoms with Gasteiger partial charge in [-0.15, -0.1) is 0 Å². The molecule has 3 heterocycles. The minimum Gasteiger partial charge on any atom is -0.496 e. The molecule has 0 amide bonds. The van der Waals surface area contributed by atoms with Crippen LogP contribution in [0.25, 0.3) is 11.4 Å². The van der Waals surface area contributed by atoms with E-state index in [2.05, 4.69) is 40.8 Å². The molecule has 0 unspecified atom stereocenters. The number of aryl methyl sites for hydroxylation is 2. The molecule has 1 aliphatic rings. The molecule has 1 fully saturated rings. The molecule has 1 aromatic carbocycles. The van der Waals surface area contributed by atoms with Gasteiger partial charge in [0.05, 0.1) is 12.8 Å². The van der Waals surface area contributed by atoms with Gasteiger partial charge in [0.25, 0.3) is 5.56 Å². The molecule has 0 spiro atoms. The van der Waals surface area contributed by atoms with Crippen LogP contribution in [0.2, 0.25) is 0 Å². The molecule has 4 rings (SSSR count). The number of pyridine rings is 1. The van der Waals surface area contributed by atoms with E-state index in [1.807, 2.05) is 12.1 Å². The third-order valence-electron chi connectivity index (χ3n) is 5.65. The first-order chi connectivity index (χ1) is 14.0. The fourth-order valence-corrected chi connectivity index (χ4v) is 4.03. The molecule has 6 heteroatoms. The third kappa shape index (κ3) is 4.22. The van der Waals surface area contributed by atoms with E-state index >= 15 is 0 Å². The smallest absolute Gasteiger partial charge is 0.251 e. The van der Waals surface area contributed by atoms with Gasteiger partial charge in [0, 0.05) is 43.0 Å². The minimum atomic E-state index is -0.109. The molecule has 6 nitrogen and oxygen atoms in total. The normalized spacial score (nSPS) is 16.9. The summed E-state index contributed by atoms with van der Waals surface area (Å²) in [7, 11) is 1.71. The molecule has 1 aliphatic heterocycles. The van der Waals surface area contributed by atoms with Crippen LogP contribution in [0.4, 0.5) is 0 Å². The summed E-state index contributed by atoms with van der Waals surface area (Å²) in [6, 6.07) is 9.68. The van der Waals surface area contributed by atoms with Crippen LogP contribution in [0.3, 0.4) is 0 Å². The van der Waals surface area contributed by atoms with Crippen LogP contribution in [0.15, 0.2) is 47.5 Å². The summed E-state index contributed by atoms with van der Waals surface area (Å²) in [5.41, 5.74) is 5.35. The number of benzene rings is 1. The van der Waals surface area contributed by atoms with E-state index in [-0.39, 0.29) is 11.5 Å². The van der Waals surface area contributed by atoms with Gasteiger partial charge < -0.3 is 9.72 Å². The van der Waals surface area contributed by atoms with Crippen LogP contribution < -0.4 is 10.3 Å². The van der Waals surface area contributed by atoms with Crippen molar-refractivity contribution in [1.82, 2.24) is 19.9 Å². The topological polar surface area (TPSA) is 71.1 Å². The molecular formula is C23H26N4O2. The lowest BCUT2D eigenvalue weighted by atomic mass is 10.0. The van der Waals surface area contributed by atoms with Crippen molar-refractivity contribution in [1.29, 1.82) is 0 Å². The summed E-state index contributed by atoms with van der Waals surface area (Å²) in [5, 5.41) is 0. The predicted octanol–water partition coefficient (Wildman–Crippen LogP) is 3.45. The van der Waals surface area contributed by atoms with Gasteiger partial charge in [0.1, 0.15) is 11.6 Å². The largest absolute Gasteiger partial charge is 0.496 e. The van der Waals surface area contributed by atoms with E-state index in [1.165, 1.54) is 11.1 Å². The molecule has 1 atom stereocenters. The van der Waals surface area contributed by atoms with Gasteiger partial charge in [0.15, 0.2) is 0 Å². The molecule has 29 heavy (non-hydrogen) atoms. The Bertz CT molecular complexity index is 1060. The standard InChI is InChI=1S/C23H26N4O2/c1-15-11-21(29-3)16(2)10-19(15)14-27-9-6-18(13-27)20-12-22(28)26-23(25-20)17-4-7-24-8-5-17/h4-5,7-8,10-12,18H,6,9,13-14H2,1-3H3,(H,25,26,28)/t18-/m1/s1. The lowest BCUT2D eigenvalue weighted by Gasteiger charge is -2.19. The average molecular weight is 390 g/mol. The number of nitrogens with one attached hydrogen (secondary N) is 1. The Balaban J connectivity index is 1.51. The van der Waals surface area contributed by atoms with E-state index in [4.69, 9.17) is 9.72 Å². The predicted molar refractivity (Wildman–Crippen MR) is 113 cm³/mol. The maximum atomic E-state index is 12.2. The Morgan fingerprint density at radius 1 is 1.17 bits per heavy atom. The Labute approximate surface area is 170 Å². The van der Waals surface area contributed by atoms with Gasteiger partial charge in [-0.25, -0.2) is 4.98 Å². The van der Waals surface area contributed by atoms with Crippen molar-refractivity contribution in [3.63, 3.8) is 0 Å². The van der Waals surface area contributed by atoms with Crippen molar-refractivity contribution in [2.45, 2.75) is 32.7 Å². The zero-order valence-electron chi connectivity index (χ0n) is 17.1. The van der Waals surface area contributed by atoms with Gasteiger partial charge in [-0.1, -0.05) is 6.07 Å². The Hall–Kier alpha value is -2.99. The van der Waals surface area contributed by atoms with Crippen LogP contribution in [0.1, 0.15) is 34.7 Å². The summed E-state index contributed by atoms with van der Waals surface area (Å²) in [4.78, 5) is 26.3. The highest BCUT2D eigenvalue weighted by molar-refractivity contribution is 5.53. The van der Waals surface area contributed by atoms with Crippen LogP contribution >= 0.6 is 0 Å². The lowest BCUT2D eigenvalue weighted by molar-refractivity contribution is 0.325. The third-order valence-corrected chi connectivity index (χ3v) is 5.65. The van der Waals surface area contributed by atoms with E-state index in [0.717, 1.165) is 48.6 Å². The summed E-state index contributed by atoms with van der Waals surface area (Å²) in [6.45, 7) is 7.00. The van der Waals surface area contributed by atoms with Gasteiger partial charge in [-0.2, -0.15) is 0 Å². The van der Waals surface area contributed by atoms with Crippen molar-refractivity contribution >= 4 is 0 Å². The number of aromatic nitrogens is 3. The van der Waals surface area contributed by atoms with Crippen molar-refractivity contribution in [2.75, 3.05) is 20.2 Å². The number of hydrogen-bond donors (Lipinski definition) is 1. The highest BCUT2D eigenvalue weighted by Gasteiger charge is 2.26. The van der Waals surface area contributed by atoms with E-state index < -0.39 is 0 Å². The molecule has 150 valence electrons. The Kier molecular flexibility index (Phi) is 5.45. The van der Waals surface area contributed by atoms with Crippen LogP contribution in [-0.2, 0) is 6.54 Å². The number of H-pyrrole nitrogens is 1. The molecule has 2 aromatic heterocycles. The van der Waals surface area contributed by atoms with Gasteiger partial charge >= 0.3 is 0 Å². The quantitative estimate of drug-likeness (QED) is 0.723. The molecule has 0 saturated carbocycles. The number of rotatable bonds is 5. The number of aromatic amines is 1. The summed E-state index contributed by atoms with van der Waals surface area (Å²) in [6.07, 6.45) is 4.41. The maximum absolute atomic E-state index is 12.2. The van der Waals surface area contributed by atoms with Crippen LogP contribution in [0, 0.1) is 13.8 Å². The number of hydrogen-bond acceptors (Lipinski definition) is 5. The molecule has 1 N–H and O–H groups in total. The van der Waals surface area contributed by atoms with Crippen molar-refractivity contribution in [3.8, 4) is 17.1 Å². The lowest BCUT2D eigenvalue weighted by Crippen LogP contribution is -2.21. The monoisotopic (exact) mass is 390 g/mol. The van der Waals surface area contributed by atoms with E-state index in [1.54, 1.807) is 25.6 Å². The van der Waals surface area contributed by atoms with E-state index in [9.17, 15) is 4.79 Å². The first-order valence-corrected chi connectivity index (χ1v) is 9.91. The first kappa shape index (κ1) is 19.3. The first-order valence-electron chi connectivity index (χ1n) is 9.91. The number of nitrogens with zero attached hydrogens (tertiary/aromatic N) is 3. The second kappa shape index (κ2) is 8.17. The zero-order valence-corrected chi connectivity index (χ0v) is 17.1. The fraction of sp³-hybridized carbons (Fsp3) is 0.348. The van der Waals surface area contributed by atoms with E-state index in [0.29, 0.717) is 5.82 Å². The Morgan fingerprint density at radius 3 is 2.72 bits per heavy atom. The summed E-state index contributed by atoms with van der Waals surface area (Å²) >= 11 is 0. The van der Waals surface area contributed by atoms with Gasteiger partial charge in [-0.3, -0.25) is 14.7 Å². The molecular weight excluding hydrogens is 364 g/mol. The minimum absolute atomic E-state index is 0.109.